The lowest BCUT2D eigenvalue weighted by Crippen LogP contribution is -2.48. The van der Waals surface area contributed by atoms with E-state index in [2.05, 4.69) is 11.0 Å². The molecule has 0 aliphatic carbocycles. The highest BCUT2D eigenvalue weighted by Crippen LogP contribution is 2.34. The number of nitrogens with zero attached hydrogens (tertiary/aromatic N) is 2. The first-order chi connectivity index (χ1) is 12.0. The lowest BCUT2D eigenvalue weighted by atomic mass is 9.83. The van der Waals surface area contributed by atoms with Crippen LogP contribution in [0.3, 0.4) is 0 Å². The molecule has 2 aliphatic rings. The summed E-state index contributed by atoms with van der Waals surface area (Å²) in [6, 6.07) is 11.0. The van der Waals surface area contributed by atoms with E-state index >= 15 is 0 Å². The van der Waals surface area contributed by atoms with Crippen LogP contribution in [-0.2, 0) is 6.54 Å². The predicted molar refractivity (Wildman–Crippen MR) is 98.5 cm³/mol. The van der Waals surface area contributed by atoms with Gasteiger partial charge in [0, 0.05) is 47.9 Å². The highest BCUT2D eigenvalue weighted by atomic mass is 35.5. The third kappa shape index (κ3) is 3.16. The molecule has 2 atom stereocenters. The molecule has 130 valence electrons. The van der Waals surface area contributed by atoms with Crippen LogP contribution in [0.25, 0.3) is 0 Å². The van der Waals surface area contributed by atoms with Crippen molar-refractivity contribution in [1.29, 1.82) is 0 Å². The van der Waals surface area contributed by atoms with Crippen molar-refractivity contribution < 1.29 is 4.79 Å². The van der Waals surface area contributed by atoms with Crippen LogP contribution in [0, 0.1) is 12.8 Å². The predicted octanol–water partition coefficient (Wildman–Crippen LogP) is 3.11. The number of hydrogen-bond donors (Lipinski definition) is 0. The summed E-state index contributed by atoms with van der Waals surface area (Å²) < 4.78 is 1.92. The Morgan fingerprint density at radius 3 is 2.84 bits per heavy atom. The number of likely N-dealkylation sites (tertiary alicyclic amines) is 1. The monoisotopic (exact) mass is 356 g/mol. The van der Waals surface area contributed by atoms with Gasteiger partial charge in [0.1, 0.15) is 0 Å². The molecule has 2 aromatic rings. The average molecular weight is 357 g/mol. The molecule has 0 unspecified atom stereocenters. The first kappa shape index (κ1) is 16.6. The number of aryl methyl sites for hydroxylation is 1. The van der Waals surface area contributed by atoms with Crippen molar-refractivity contribution in [2.45, 2.75) is 25.8 Å². The smallest absolute Gasteiger partial charge is 0.250 e. The van der Waals surface area contributed by atoms with Crippen LogP contribution in [0.1, 0.15) is 34.0 Å². The minimum absolute atomic E-state index is 0.0912. The van der Waals surface area contributed by atoms with Crippen LogP contribution >= 0.6 is 11.6 Å². The van der Waals surface area contributed by atoms with Crippen molar-refractivity contribution in [2.24, 2.45) is 5.92 Å². The molecule has 0 saturated carbocycles. The van der Waals surface area contributed by atoms with Crippen molar-refractivity contribution in [1.82, 2.24) is 9.47 Å². The van der Waals surface area contributed by atoms with E-state index in [1.165, 1.54) is 0 Å². The lowest BCUT2D eigenvalue weighted by Gasteiger charge is -2.42. The molecule has 1 fully saturated rings. The summed E-state index contributed by atoms with van der Waals surface area (Å²) in [5.74, 6) is 0.908. The normalized spacial score (nSPS) is 22.5. The Balaban J connectivity index is 1.53. The molecular formula is C20H21ClN2O2. The fraction of sp³-hybridized carbons (Fsp3) is 0.400. The van der Waals surface area contributed by atoms with Crippen LogP contribution in [0.15, 0.2) is 41.2 Å². The van der Waals surface area contributed by atoms with Crippen molar-refractivity contribution in [3.05, 3.63) is 68.6 Å². The van der Waals surface area contributed by atoms with Gasteiger partial charge in [0.2, 0.25) is 0 Å². The molecule has 0 N–H and O–H groups in total. The zero-order valence-corrected chi connectivity index (χ0v) is 15.0. The molecule has 2 bridgehead atoms. The first-order valence-electron chi connectivity index (χ1n) is 8.72. The summed E-state index contributed by atoms with van der Waals surface area (Å²) in [5, 5.41) is 0.656. The highest BCUT2D eigenvalue weighted by molar-refractivity contribution is 6.30. The van der Waals surface area contributed by atoms with Gasteiger partial charge in [-0.1, -0.05) is 17.7 Å². The third-order valence-corrected chi connectivity index (χ3v) is 5.65. The van der Waals surface area contributed by atoms with E-state index < -0.39 is 0 Å². The minimum atomic E-state index is 0.0912. The van der Waals surface area contributed by atoms with Gasteiger partial charge in [-0.25, -0.2) is 0 Å². The Bertz CT molecular complexity index is 890. The fourth-order valence-corrected chi connectivity index (χ4v) is 4.58. The summed E-state index contributed by atoms with van der Waals surface area (Å²) in [7, 11) is 0. The Hall–Kier alpha value is -1.91. The number of pyridine rings is 1. The van der Waals surface area contributed by atoms with Gasteiger partial charge >= 0.3 is 0 Å². The van der Waals surface area contributed by atoms with Gasteiger partial charge in [-0.3, -0.25) is 14.5 Å². The Kier molecular flexibility index (Phi) is 4.26. The van der Waals surface area contributed by atoms with Gasteiger partial charge in [-0.05, 0) is 49.1 Å². The molecule has 2 aliphatic heterocycles. The van der Waals surface area contributed by atoms with Crippen molar-refractivity contribution >= 4 is 17.4 Å². The van der Waals surface area contributed by atoms with E-state index in [1.807, 2.05) is 29.7 Å². The first-order valence-corrected chi connectivity index (χ1v) is 9.10. The molecular weight excluding hydrogens is 336 g/mol. The number of aromatic nitrogens is 1. The molecule has 1 saturated heterocycles. The van der Waals surface area contributed by atoms with Gasteiger partial charge in [-0.15, -0.1) is 0 Å². The number of ketones is 1. The summed E-state index contributed by atoms with van der Waals surface area (Å²) in [5.41, 5.74) is 2.88. The number of carbonyl (C=O) groups excluding carboxylic acids is 1. The van der Waals surface area contributed by atoms with Gasteiger partial charge in [0.05, 0.1) is 6.54 Å². The van der Waals surface area contributed by atoms with Crippen LogP contribution in [0.5, 0.6) is 0 Å². The molecule has 1 aromatic heterocycles. The number of fused-ring (bicyclic) bond motifs is 4. The molecule has 0 spiro atoms. The number of rotatable bonds is 3. The van der Waals surface area contributed by atoms with Crippen LogP contribution in [0.2, 0.25) is 5.02 Å². The third-order valence-electron chi connectivity index (χ3n) is 5.41. The van der Waals surface area contributed by atoms with Gasteiger partial charge in [-0.2, -0.15) is 0 Å². The Labute approximate surface area is 152 Å². The molecule has 5 heteroatoms. The molecule has 4 nitrogen and oxygen atoms in total. The fourth-order valence-electron chi connectivity index (χ4n) is 4.35. The van der Waals surface area contributed by atoms with Crippen molar-refractivity contribution in [2.75, 3.05) is 19.6 Å². The minimum Gasteiger partial charge on any atom is -0.312 e. The largest absolute Gasteiger partial charge is 0.312 e. The second kappa shape index (κ2) is 6.43. The van der Waals surface area contributed by atoms with Crippen LogP contribution in [-0.4, -0.2) is 34.9 Å². The number of carbonyl (C=O) groups is 1. The maximum atomic E-state index is 12.7. The second-order valence-electron chi connectivity index (χ2n) is 7.27. The Morgan fingerprint density at radius 1 is 1.20 bits per heavy atom. The van der Waals surface area contributed by atoms with E-state index in [1.54, 1.807) is 12.1 Å². The molecule has 0 amide bonds. The van der Waals surface area contributed by atoms with Gasteiger partial charge in [0.15, 0.2) is 5.78 Å². The maximum Gasteiger partial charge on any atom is 0.250 e. The molecule has 0 radical (unpaired) electrons. The summed E-state index contributed by atoms with van der Waals surface area (Å²) in [4.78, 5) is 27.1. The van der Waals surface area contributed by atoms with Crippen LogP contribution < -0.4 is 5.56 Å². The van der Waals surface area contributed by atoms with E-state index in [-0.39, 0.29) is 11.3 Å². The average Bonchev–Trinajstić information content (AvgIpc) is 2.55. The van der Waals surface area contributed by atoms with Crippen LogP contribution in [0.4, 0.5) is 0 Å². The van der Waals surface area contributed by atoms with Gasteiger partial charge in [0.25, 0.3) is 5.56 Å². The zero-order chi connectivity index (χ0) is 17.6. The number of Topliss-reactive ketones (excluding diaryl/α,β-unsaturated/α-hetero) is 1. The number of halogens is 1. The lowest BCUT2D eigenvalue weighted by molar-refractivity contribution is 0.0817. The highest BCUT2D eigenvalue weighted by Gasteiger charge is 2.35. The van der Waals surface area contributed by atoms with E-state index in [9.17, 15) is 9.59 Å². The molecule has 1 aromatic carbocycles. The van der Waals surface area contributed by atoms with Crippen molar-refractivity contribution in [3.8, 4) is 0 Å². The molecule has 25 heavy (non-hydrogen) atoms. The van der Waals surface area contributed by atoms with Crippen molar-refractivity contribution in [3.63, 3.8) is 0 Å². The summed E-state index contributed by atoms with van der Waals surface area (Å²) in [6.07, 6.45) is 1.11. The summed E-state index contributed by atoms with van der Waals surface area (Å²) >= 11 is 5.99. The maximum absolute atomic E-state index is 12.7. The molecule has 4 rings (SSSR count). The quantitative estimate of drug-likeness (QED) is 0.793. The SMILES string of the molecule is Cc1cc(Cl)ccc1C(=O)CN1C[C@H]2C[C@H](C1)c1cccc(=O)n1C2. The van der Waals surface area contributed by atoms with E-state index in [4.69, 9.17) is 11.6 Å². The van der Waals surface area contributed by atoms with Gasteiger partial charge < -0.3 is 4.57 Å². The topological polar surface area (TPSA) is 42.3 Å². The standard InChI is InChI=1S/C20H21ClN2O2/c1-13-7-16(21)5-6-17(13)19(24)12-22-9-14-8-15(11-22)18-3-2-4-20(25)23(18)10-14/h2-7,14-15H,8-12H2,1H3/t14-,15-/m1/s1. The summed E-state index contributed by atoms with van der Waals surface area (Å²) in [6.45, 7) is 4.81. The number of benzene rings is 1. The van der Waals surface area contributed by atoms with E-state index in [0.717, 1.165) is 42.9 Å². The Morgan fingerprint density at radius 2 is 2.04 bits per heavy atom. The number of piperidine rings is 1. The molecule has 3 heterocycles. The van der Waals surface area contributed by atoms with E-state index in [0.29, 0.717) is 23.4 Å². The number of hydrogen-bond acceptors (Lipinski definition) is 3. The second-order valence-corrected chi connectivity index (χ2v) is 7.71. The zero-order valence-electron chi connectivity index (χ0n) is 14.2.